The van der Waals surface area contributed by atoms with Crippen LogP contribution in [0.3, 0.4) is 0 Å². The Bertz CT molecular complexity index is 621. The third-order valence-corrected chi connectivity index (χ3v) is 5.75. The van der Waals surface area contributed by atoms with E-state index in [1.54, 1.807) is 0 Å². The van der Waals surface area contributed by atoms with E-state index in [4.69, 9.17) is 4.74 Å². The molecule has 4 rings (SSSR count). The van der Waals surface area contributed by atoms with Crippen LogP contribution in [0.4, 0.5) is 0 Å². The van der Waals surface area contributed by atoms with Gasteiger partial charge in [-0.15, -0.1) is 0 Å². The van der Waals surface area contributed by atoms with Gasteiger partial charge in [-0.25, -0.2) is 0 Å². The molecule has 0 aliphatic carbocycles. The lowest BCUT2D eigenvalue weighted by Gasteiger charge is -2.36. The summed E-state index contributed by atoms with van der Waals surface area (Å²) in [5, 5.41) is 0. The average Bonchev–Trinajstić information content (AvgIpc) is 3.12. The summed E-state index contributed by atoms with van der Waals surface area (Å²) >= 11 is 0. The second-order valence-electron chi connectivity index (χ2n) is 7.40. The first-order valence-corrected chi connectivity index (χ1v) is 9.54. The van der Waals surface area contributed by atoms with Crippen molar-refractivity contribution in [2.45, 2.75) is 44.6 Å². The van der Waals surface area contributed by atoms with Crippen molar-refractivity contribution < 1.29 is 14.3 Å². The van der Waals surface area contributed by atoms with Crippen LogP contribution in [0.1, 0.15) is 37.7 Å². The zero-order valence-electron chi connectivity index (χ0n) is 14.7. The largest absolute Gasteiger partial charge is 0.480 e. The number of carbonyl (C=O) groups excluding carboxylic acids is 2. The summed E-state index contributed by atoms with van der Waals surface area (Å²) in [5.74, 6) is 1.29. The lowest BCUT2D eigenvalue weighted by molar-refractivity contribution is -0.144. The van der Waals surface area contributed by atoms with Crippen molar-refractivity contribution in [3.05, 3.63) is 29.8 Å². The van der Waals surface area contributed by atoms with Gasteiger partial charge in [-0.05, 0) is 43.7 Å². The number of nitrogens with zero attached hydrogens (tertiary/aromatic N) is 2. The lowest BCUT2D eigenvalue weighted by atomic mass is 9.94. The van der Waals surface area contributed by atoms with E-state index >= 15 is 0 Å². The summed E-state index contributed by atoms with van der Waals surface area (Å²) < 4.78 is 5.83. The second kappa shape index (κ2) is 7.06. The van der Waals surface area contributed by atoms with Gasteiger partial charge in [0.25, 0.3) is 5.91 Å². The van der Waals surface area contributed by atoms with Gasteiger partial charge in [0.05, 0.1) is 0 Å². The number of likely N-dealkylation sites (tertiary alicyclic amines) is 2. The molecule has 0 saturated carbocycles. The zero-order valence-corrected chi connectivity index (χ0v) is 14.7. The quantitative estimate of drug-likeness (QED) is 0.828. The number of benzene rings is 1. The molecule has 2 amide bonds. The first-order chi connectivity index (χ1) is 12.2. The van der Waals surface area contributed by atoms with E-state index in [9.17, 15) is 9.59 Å². The van der Waals surface area contributed by atoms with E-state index in [1.165, 1.54) is 6.42 Å². The molecule has 0 N–H and O–H groups in total. The standard InChI is InChI=1S/C20H26N2O3/c23-19(21-10-4-1-5-11-21)15-8-12-22(13-9-15)20(24)18-14-16-6-2-3-7-17(16)25-18/h2-3,6-7,15,18H,1,4-5,8-14H2. The molecule has 1 atom stereocenters. The van der Waals surface area contributed by atoms with E-state index in [-0.39, 0.29) is 11.8 Å². The Morgan fingerprint density at radius 2 is 1.56 bits per heavy atom. The van der Waals surface area contributed by atoms with Gasteiger partial charge >= 0.3 is 0 Å². The Kier molecular flexibility index (Phi) is 4.64. The molecule has 2 fully saturated rings. The van der Waals surface area contributed by atoms with E-state index in [0.717, 1.165) is 50.1 Å². The van der Waals surface area contributed by atoms with Gasteiger partial charge in [0.15, 0.2) is 6.10 Å². The number of ether oxygens (including phenoxy) is 1. The molecule has 3 heterocycles. The van der Waals surface area contributed by atoms with Crippen LogP contribution in [0.5, 0.6) is 5.75 Å². The Balaban J connectivity index is 1.30. The topological polar surface area (TPSA) is 49.9 Å². The molecule has 5 heteroatoms. The van der Waals surface area contributed by atoms with Gasteiger partial charge in [0.2, 0.25) is 5.91 Å². The number of hydrogen-bond acceptors (Lipinski definition) is 3. The maximum Gasteiger partial charge on any atom is 0.263 e. The normalized spacial score (nSPS) is 23.9. The van der Waals surface area contributed by atoms with Crippen molar-refractivity contribution in [2.24, 2.45) is 5.92 Å². The minimum absolute atomic E-state index is 0.0695. The molecule has 1 aromatic carbocycles. The fraction of sp³-hybridized carbons (Fsp3) is 0.600. The van der Waals surface area contributed by atoms with E-state index in [2.05, 4.69) is 0 Å². The van der Waals surface area contributed by atoms with Crippen LogP contribution < -0.4 is 4.74 Å². The van der Waals surface area contributed by atoms with Gasteiger partial charge in [-0.1, -0.05) is 18.2 Å². The minimum Gasteiger partial charge on any atom is -0.480 e. The molecule has 0 radical (unpaired) electrons. The molecular weight excluding hydrogens is 316 g/mol. The molecule has 0 aromatic heterocycles. The molecule has 0 spiro atoms. The number of carbonyl (C=O) groups is 2. The van der Waals surface area contributed by atoms with E-state index in [1.807, 2.05) is 34.1 Å². The van der Waals surface area contributed by atoms with Gasteiger partial charge in [-0.3, -0.25) is 9.59 Å². The van der Waals surface area contributed by atoms with Crippen LogP contribution in [-0.4, -0.2) is 53.9 Å². The number of amides is 2. The smallest absolute Gasteiger partial charge is 0.263 e. The number of rotatable bonds is 2. The van der Waals surface area contributed by atoms with Crippen LogP contribution in [0.25, 0.3) is 0 Å². The molecule has 5 nitrogen and oxygen atoms in total. The number of piperidine rings is 2. The van der Waals surface area contributed by atoms with Gasteiger partial charge in [0.1, 0.15) is 5.75 Å². The predicted octanol–water partition coefficient (Wildman–Crippen LogP) is 2.24. The van der Waals surface area contributed by atoms with Crippen LogP contribution >= 0.6 is 0 Å². The van der Waals surface area contributed by atoms with Crippen LogP contribution in [0, 0.1) is 5.92 Å². The Morgan fingerprint density at radius 1 is 0.880 bits per heavy atom. The Morgan fingerprint density at radius 3 is 2.28 bits per heavy atom. The molecule has 3 aliphatic heterocycles. The highest BCUT2D eigenvalue weighted by molar-refractivity contribution is 5.83. The van der Waals surface area contributed by atoms with Gasteiger partial charge in [0, 0.05) is 38.5 Å². The maximum atomic E-state index is 12.8. The van der Waals surface area contributed by atoms with Crippen molar-refractivity contribution in [2.75, 3.05) is 26.2 Å². The Labute approximate surface area is 148 Å². The second-order valence-corrected chi connectivity index (χ2v) is 7.40. The summed E-state index contributed by atoms with van der Waals surface area (Å²) in [6.45, 7) is 3.15. The molecule has 3 aliphatic rings. The first kappa shape index (κ1) is 16.4. The summed E-state index contributed by atoms with van der Waals surface area (Å²) in [4.78, 5) is 29.3. The monoisotopic (exact) mass is 342 g/mol. The Hall–Kier alpha value is -2.04. The average molecular weight is 342 g/mol. The van der Waals surface area contributed by atoms with Crippen molar-refractivity contribution in [3.8, 4) is 5.75 Å². The maximum absolute atomic E-state index is 12.8. The molecule has 25 heavy (non-hydrogen) atoms. The summed E-state index contributed by atoms with van der Waals surface area (Å²) in [6, 6.07) is 7.86. The van der Waals surface area contributed by atoms with E-state index < -0.39 is 6.10 Å². The molecule has 1 unspecified atom stereocenters. The highest BCUT2D eigenvalue weighted by atomic mass is 16.5. The number of hydrogen-bond donors (Lipinski definition) is 0. The summed E-state index contributed by atoms with van der Waals surface area (Å²) in [5.41, 5.74) is 1.11. The fourth-order valence-corrected chi connectivity index (χ4v) is 4.24. The third-order valence-electron chi connectivity index (χ3n) is 5.75. The number of para-hydroxylation sites is 1. The number of fused-ring (bicyclic) bond motifs is 1. The summed E-state index contributed by atoms with van der Waals surface area (Å²) in [6.07, 6.45) is 5.31. The van der Waals surface area contributed by atoms with Crippen LogP contribution in [0.15, 0.2) is 24.3 Å². The van der Waals surface area contributed by atoms with Crippen LogP contribution in [-0.2, 0) is 16.0 Å². The molecule has 1 aromatic rings. The van der Waals surface area contributed by atoms with Crippen molar-refractivity contribution >= 4 is 11.8 Å². The van der Waals surface area contributed by atoms with Crippen LogP contribution in [0.2, 0.25) is 0 Å². The molecule has 134 valence electrons. The molecular formula is C20H26N2O3. The van der Waals surface area contributed by atoms with Crippen molar-refractivity contribution in [1.29, 1.82) is 0 Å². The third kappa shape index (κ3) is 3.37. The van der Waals surface area contributed by atoms with Gasteiger partial charge in [-0.2, -0.15) is 0 Å². The van der Waals surface area contributed by atoms with Crippen molar-refractivity contribution in [1.82, 2.24) is 9.80 Å². The van der Waals surface area contributed by atoms with Crippen molar-refractivity contribution in [3.63, 3.8) is 0 Å². The SMILES string of the molecule is O=C(C1CCN(C(=O)C2Cc3ccccc3O2)CC1)N1CCCCC1. The van der Waals surface area contributed by atoms with E-state index in [0.29, 0.717) is 25.4 Å². The van der Waals surface area contributed by atoms with Gasteiger partial charge < -0.3 is 14.5 Å². The lowest BCUT2D eigenvalue weighted by Crippen LogP contribution is -2.48. The first-order valence-electron chi connectivity index (χ1n) is 9.54. The minimum atomic E-state index is -0.397. The highest BCUT2D eigenvalue weighted by Gasteiger charge is 2.36. The predicted molar refractivity (Wildman–Crippen MR) is 94.3 cm³/mol. The molecule has 2 saturated heterocycles. The summed E-state index contributed by atoms with van der Waals surface area (Å²) in [7, 11) is 0. The molecule has 0 bridgehead atoms. The zero-order chi connectivity index (χ0) is 17.2. The fourth-order valence-electron chi connectivity index (χ4n) is 4.24. The highest BCUT2D eigenvalue weighted by Crippen LogP contribution is 2.30.